The van der Waals surface area contributed by atoms with E-state index >= 15 is 0 Å². The zero-order chi connectivity index (χ0) is 19.7. The molecule has 1 unspecified atom stereocenters. The molecule has 0 bridgehead atoms. The number of aromatic nitrogens is 3. The fourth-order valence-corrected chi connectivity index (χ4v) is 3.63. The van der Waals surface area contributed by atoms with E-state index in [-0.39, 0.29) is 17.4 Å². The number of nitrogens with one attached hydrogen (secondary N) is 1. The largest absolute Gasteiger partial charge is 0.356 e. The van der Waals surface area contributed by atoms with Gasteiger partial charge in [-0.1, -0.05) is 12.1 Å². The summed E-state index contributed by atoms with van der Waals surface area (Å²) in [6.45, 7) is 0.604. The summed E-state index contributed by atoms with van der Waals surface area (Å²) < 4.78 is 3.19. The predicted molar refractivity (Wildman–Crippen MR) is 104 cm³/mol. The van der Waals surface area contributed by atoms with E-state index in [1.807, 2.05) is 24.4 Å². The fraction of sp³-hybridized carbons (Fsp3) is 0.238. The molecule has 28 heavy (non-hydrogen) atoms. The van der Waals surface area contributed by atoms with Gasteiger partial charge in [0.2, 0.25) is 5.91 Å². The summed E-state index contributed by atoms with van der Waals surface area (Å²) in [5.74, 6) is -0.00563. The van der Waals surface area contributed by atoms with Crippen LogP contribution >= 0.6 is 0 Å². The van der Waals surface area contributed by atoms with Crippen molar-refractivity contribution in [3.8, 4) is 22.9 Å². The molecule has 1 amide bonds. The Labute approximate surface area is 161 Å². The first-order chi connectivity index (χ1) is 13.6. The number of hydrogen-bond donors (Lipinski definition) is 1. The van der Waals surface area contributed by atoms with Gasteiger partial charge in [0, 0.05) is 49.6 Å². The van der Waals surface area contributed by atoms with Crippen molar-refractivity contribution in [1.29, 1.82) is 5.26 Å². The number of benzene rings is 1. The normalized spacial score (nSPS) is 16.4. The van der Waals surface area contributed by atoms with Crippen molar-refractivity contribution >= 4 is 5.91 Å². The number of nitrogens with zero attached hydrogens (tertiary/aromatic N) is 4. The number of rotatable bonds is 3. The lowest BCUT2D eigenvalue weighted by Gasteiger charge is -2.24. The van der Waals surface area contributed by atoms with Gasteiger partial charge >= 0.3 is 0 Å². The van der Waals surface area contributed by atoms with Crippen molar-refractivity contribution in [1.82, 2.24) is 19.7 Å². The Balaban J connectivity index is 1.81. The van der Waals surface area contributed by atoms with Crippen molar-refractivity contribution in [3.05, 3.63) is 70.4 Å². The van der Waals surface area contributed by atoms with Crippen molar-refractivity contribution < 1.29 is 4.79 Å². The molecule has 7 heteroatoms. The summed E-state index contributed by atoms with van der Waals surface area (Å²) in [6.07, 6.45) is 6.52. The van der Waals surface area contributed by atoms with E-state index in [9.17, 15) is 14.9 Å². The van der Waals surface area contributed by atoms with Crippen molar-refractivity contribution in [2.75, 3.05) is 6.54 Å². The van der Waals surface area contributed by atoms with E-state index < -0.39 is 0 Å². The molecule has 7 nitrogen and oxygen atoms in total. The Morgan fingerprint density at radius 2 is 2.07 bits per heavy atom. The van der Waals surface area contributed by atoms with Gasteiger partial charge in [0.15, 0.2) is 0 Å². The molecule has 1 atom stereocenters. The number of pyridine rings is 1. The van der Waals surface area contributed by atoms with E-state index in [0.717, 1.165) is 23.1 Å². The molecule has 1 aromatic carbocycles. The molecule has 4 rings (SSSR count). The summed E-state index contributed by atoms with van der Waals surface area (Å²) in [7, 11) is 1.71. The minimum absolute atomic E-state index is 0.00141. The summed E-state index contributed by atoms with van der Waals surface area (Å²) in [5, 5.41) is 16.6. The van der Waals surface area contributed by atoms with Crippen LogP contribution < -0.4 is 10.9 Å². The van der Waals surface area contributed by atoms with E-state index in [1.165, 1.54) is 4.57 Å². The molecule has 140 valence electrons. The van der Waals surface area contributed by atoms with Gasteiger partial charge in [0.1, 0.15) is 6.07 Å². The second-order valence-corrected chi connectivity index (χ2v) is 6.93. The number of carbonyl (C=O) groups excluding carboxylic acids is 1. The number of para-hydroxylation sites is 1. The number of amides is 1. The maximum atomic E-state index is 12.3. The zero-order valence-electron chi connectivity index (χ0n) is 15.4. The van der Waals surface area contributed by atoms with Crippen LogP contribution in [-0.4, -0.2) is 26.8 Å². The third kappa shape index (κ3) is 3.21. The van der Waals surface area contributed by atoms with E-state index in [4.69, 9.17) is 0 Å². The van der Waals surface area contributed by atoms with Crippen LogP contribution in [0, 0.1) is 11.3 Å². The molecular weight excluding hydrogens is 354 g/mol. The molecule has 1 fully saturated rings. The van der Waals surface area contributed by atoms with Crippen LogP contribution in [0.4, 0.5) is 0 Å². The quantitative estimate of drug-likeness (QED) is 0.761. The molecule has 1 aliphatic heterocycles. The number of carbonyl (C=O) groups is 1. The van der Waals surface area contributed by atoms with Gasteiger partial charge in [-0.25, -0.2) is 4.68 Å². The Morgan fingerprint density at radius 1 is 1.25 bits per heavy atom. The molecule has 3 aromatic rings. The first kappa shape index (κ1) is 17.7. The molecule has 2 aromatic heterocycles. The molecule has 1 saturated heterocycles. The van der Waals surface area contributed by atoms with Gasteiger partial charge in [-0.05, 0) is 30.0 Å². The minimum atomic E-state index is -0.105. The van der Waals surface area contributed by atoms with Gasteiger partial charge in [0.05, 0.1) is 17.4 Å². The van der Waals surface area contributed by atoms with Crippen LogP contribution in [0.3, 0.4) is 0 Å². The first-order valence-electron chi connectivity index (χ1n) is 9.08. The van der Waals surface area contributed by atoms with E-state index in [2.05, 4.69) is 16.5 Å². The zero-order valence-corrected chi connectivity index (χ0v) is 15.4. The third-order valence-corrected chi connectivity index (χ3v) is 5.11. The summed E-state index contributed by atoms with van der Waals surface area (Å²) in [5.41, 5.74) is 3.70. The Kier molecular flexibility index (Phi) is 4.53. The SMILES string of the molecule is Cn1cc(-c2cnn(-c3ccccc3C#N)c2)c(C2CCNC(=O)C2)cc1=O. The lowest BCUT2D eigenvalue weighted by Crippen LogP contribution is -2.33. The molecule has 0 saturated carbocycles. The maximum Gasteiger partial charge on any atom is 0.250 e. The number of hydrogen-bond acceptors (Lipinski definition) is 4. The monoisotopic (exact) mass is 373 g/mol. The van der Waals surface area contributed by atoms with Crippen LogP contribution in [0.1, 0.15) is 29.9 Å². The summed E-state index contributed by atoms with van der Waals surface area (Å²) in [6, 6.07) is 11.1. The molecule has 1 aliphatic rings. The van der Waals surface area contributed by atoms with Crippen LogP contribution in [-0.2, 0) is 11.8 Å². The highest BCUT2D eigenvalue weighted by molar-refractivity contribution is 5.78. The van der Waals surface area contributed by atoms with Crippen molar-refractivity contribution in [2.24, 2.45) is 7.05 Å². The molecular formula is C21H19N5O2. The summed E-state index contributed by atoms with van der Waals surface area (Å²) >= 11 is 0. The molecule has 0 radical (unpaired) electrons. The van der Waals surface area contributed by atoms with Crippen molar-refractivity contribution in [3.63, 3.8) is 0 Å². The Morgan fingerprint density at radius 3 is 2.86 bits per heavy atom. The molecule has 1 N–H and O–H groups in total. The minimum Gasteiger partial charge on any atom is -0.356 e. The van der Waals surface area contributed by atoms with Gasteiger partial charge in [-0.3, -0.25) is 9.59 Å². The predicted octanol–water partition coefficient (Wildman–Crippen LogP) is 2.10. The second-order valence-electron chi connectivity index (χ2n) is 6.93. The summed E-state index contributed by atoms with van der Waals surface area (Å²) in [4.78, 5) is 24.1. The molecule has 3 heterocycles. The van der Waals surface area contributed by atoms with Gasteiger partial charge in [0.25, 0.3) is 5.56 Å². The second kappa shape index (κ2) is 7.16. The third-order valence-electron chi connectivity index (χ3n) is 5.11. The van der Waals surface area contributed by atoms with Crippen LogP contribution in [0.15, 0.2) is 53.7 Å². The van der Waals surface area contributed by atoms with Crippen LogP contribution in [0.25, 0.3) is 16.8 Å². The van der Waals surface area contributed by atoms with Gasteiger partial charge in [-0.2, -0.15) is 10.4 Å². The Bertz CT molecular complexity index is 1150. The standard InChI is InChI=1S/C21H19N5O2/c1-25-13-18(17(9-21(25)28)14-6-7-23-20(27)8-14)16-11-24-26(12-16)19-5-3-2-4-15(19)10-22/h2-5,9,11-14H,6-8H2,1H3,(H,23,27). The smallest absolute Gasteiger partial charge is 0.250 e. The Hall–Kier alpha value is -3.66. The number of nitriles is 1. The van der Waals surface area contributed by atoms with Gasteiger partial charge in [-0.15, -0.1) is 0 Å². The molecule has 0 aliphatic carbocycles. The van der Waals surface area contributed by atoms with Crippen molar-refractivity contribution in [2.45, 2.75) is 18.8 Å². The van der Waals surface area contributed by atoms with E-state index in [1.54, 1.807) is 36.3 Å². The highest BCUT2D eigenvalue weighted by Crippen LogP contribution is 2.33. The fourth-order valence-electron chi connectivity index (χ4n) is 3.63. The topological polar surface area (TPSA) is 92.7 Å². The van der Waals surface area contributed by atoms with Gasteiger partial charge < -0.3 is 9.88 Å². The lowest BCUT2D eigenvalue weighted by atomic mass is 9.86. The highest BCUT2D eigenvalue weighted by Gasteiger charge is 2.24. The maximum absolute atomic E-state index is 12.3. The molecule has 0 spiro atoms. The average molecular weight is 373 g/mol. The lowest BCUT2D eigenvalue weighted by molar-refractivity contribution is -0.122. The first-order valence-corrected chi connectivity index (χ1v) is 9.08. The highest BCUT2D eigenvalue weighted by atomic mass is 16.1. The van der Waals surface area contributed by atoms with Crippen LogP contribution in [0.5, 0.6) is 0 Å². The average Bonchev–Trinajstić information content (AvgIpc) is 3.19. The number of aryl methyl sites for hydroxylation is 1. The number of piperidine rings is 1. The van der Waals surface area contributed by atoms with Crippen LogP contribution in [0.2, 0.25) is 0 Å². The van der Waals surface area contributed by atoms with E-state index in [0.29, 0.717) is 24.2 Å².